The Balaban J connectivity index is 2.15. The van der Waals surface area contributed by atoms with Crippen molar-refractivity contribution in [3.63, 3.8) is 0 Å². The quantitative estimate of drug-likeness (QED) is 0.737. The molecule has 2 atom stereocenters. The van der Waals surface area contributed by atoms with Gasteiger partial charge in [-0.05, 0) is 38.9 Å². The molecule has 2 aliphatic rings. The second kappa shape index (κ2) is 3.26. The lowest BCUT2D eigenvalue weighted by molar-refractivity contribution is 0.128. The number of rotatable bonds is 0. The summed E-state index contributed by atoms with van der Waals surface area (Å²) in [7, 11) is 2.23. The highest BCUT2D eigenvalue weighted by Gasteiger charge is 2.54. The lowest BCUT2D eigenvalue weighted by atomic mass is 9.66. The van der Waals surface area contributed by atoms with Crippen LogP contribution in [0.3, 0.4) is 0 Å². The van der Waals surface area contributed by atoms with E-state index in [2.05, 4.69) is 56.2 Å². The van der Waals surface area contributed by atoms with Crippen LogP contribution in [0.4, 0.5) is 5.69 Å². The Labute approximate surface area is 104 Å². The van der Waals surface area contributed by atoms with Crippen LogP contribution in [-0.4, -0.2) is 30.6 Å². The third-order valence-electron chi connectivity index (χ3n) is 4.98. The standard InChI is InChI=1S/C15H22N2/c1-11-5-6-13-12(9-11)14(2)10-17(4)8-7-15(14,3)16-13/h5-6,9,16H,7-8,10H2,1-4H3/t14-,15-/m1/s1. The maximum atomic E-state index is 3.77. The number of benzene rings is 1. The Hall–Kier alpha value is -1.02. The summed E-state index contributed by atoms with van der Waals surface area (Å²) in [5.74, 6) is 0. The molecule has 1 fully saturated rings. The van der Waals surface area contributed by atoms with Gasteiger partial charge in [0.1, 0.15) is 0 Å². The molecule has 2 nitrogen and oxygen atoms in total. The maximum Gasteiger partial charge on any atom is 0.0464 e. The van der Waals surface area contributed by atoms with Gasteiger partial charge in [0.05, 0.1) is 0 Å². The number of likely N-dealkylation sites (tertiary alicyclic amines) is 1. The predicted molar refractivity (Wildman–Crippen MR) is 72.7 cm³/mol. The third-order valence-corrected chi connectivity index (χ3v) is 4.98. The molecule has 92 valence electrons. The first-order chi connectivity index (χ1) is 7.95. The van der Waals surface area contributed by atoms with Crippen LogP contribution in [-0.2, 0) is 5.41 Å². The van der Waals surface area contributed by atoms with Crippen LogP contribution in [0.25, 0.3) is 0 Å². The molecule has 2 heteroatoms. The number of hydrogen-bond acceptors (Lipinski definition) is 2. The molecule has 1 aromatic carbocycles. The van der Waals surface area contributed by atoms with E-state index in [1.165, 1.54) is 29.8 Å². The molecule has 2 heterocycles. The summed E-state index contributed by atoms with van der Waals surface area (Å²) in [5, 5.41) is 3.77. The van der Waals surface area contributed by atoms with Crippen LogP contribution in [0, 0.1) is 6.92 Å². The lowest BCUT2D eigenvalue weighted by Crippen LogP contribution is -2.59. The maximum absolute atomic E-state index is 3.77. The minimum absolute atomic E-state index is 0.218. The SMILES string of the molecule is Cc1ccc2c(c1)[C@@]1(C)CN(C)CC[C@@]1(C)N2. The van der Waals surface area contributed by atoms with E-state index in [1.54, 1.807) is 0 Å². The highest BCUT2D eigenvalue weighted by Crippen LogP contribution is 2.51. The predicted octanol–water partition coefficient (Wildman–Crippen LogP) is 2.77. The Morgan fingerprint density at radius 1 is 1.29 bits per heavy atom. The summed E-state index contributed by atoms with van der Waals surface area (Å²) in [6, 6.07) is 6.83. The summed E-state index contributed by atoms with van der Waals surface area (Å²) in [4.78, 5) is 2.46. The molecule has 2 aliphatic heterocycles. The molecule has 1 N–H and O–H groups in total. The molecular weight excluding hydrogens is 208 g/mol. The summed E-state index contributed by atoms with van der Waals surface area (Å²) in [5.41, 5.74) is 4.67. The zero-order valence-electron chi connectivity index (χ0n) is 11.3. The Kier molecular flexibility index (Phi) is 2.13. The largest absolute Gasteiger partial charge is 0.379 e. The van der Waals surface area contributed by atoms with E-state index in [1.807, 2.05) is 0 Å². The molecule has 0 aromatic heterocycles. The third kappa shape index (κ3) is 1.37. The zero-order chi connectivity index (χ0) is 12.3. The van der Waals surface area contributed by atoms with Crippen molar-refractivity contribution in [2.24, 2.45) is 0 Å². The summed E-state index contributed by atoms with van der Waals surface area (Å²) >= 11 is 0. The van der Waals surface area contributed by atoms with Gasteiger partial charge in [-0.15, -0.1) is 0 Å². The van der Waals surface area contributed by atoms with Crippen LogP contribution < -0.4 is 5.32 Å². The number of likely N-dealkylation sites (N-methyl/N-ethyl adjacent to an activating group) is 1. The van der Waals surface area contributed by atoms with Gasteiger partial charge in [0.15, 0.2) is 0 Å². The topological polar surface area (TPSA) is 15.3 Å². The van der Waals surface area contributed by atoms with Gasteiger partial charge >= 0.3 is 0 Å². The molecule has 17 heavy (non-hydrogen) atoms. The van der Waals surface area contributed by atoms with Gasteiger partial charge in [0.25, 0.3) is 0 Å². The summed E-state index contributed by atoms with van der Waals surface area (Å²) in [6.07, 6.45) is 1.22. The molecular formula is C15H22N2. The molecule has 0 amide bonds. The number of aryl methyl sites for hydroxylation is 1. The minimum atomic E-state index is 0.218. The fourth-order valence-electron chi connectivity index (χ4n) is 3.59. The van der Waals surface area contributed by atoms with E-state index in [-0.39, 0.29) is 11.0 Å². The fourth-order valence-corrected chi connectivity index (χ4v) is 3.59. The number of piperidine rings is 1. The molecule has 1 saturated heterocycles. The molecule has 0 radical (unpaired) electrons. The fraction of sp³-hybridized carbons (Fsp3) is 0.600. The average molecular weight is 230 g/mol. The second-order valence-corrected chi connectivity index (χ2v) is 6.33. The first-order valence-electron chi connectivity index (χ1n) is 6.52. The molecule has 1 aromatic rings. The highest BCUT2D eigenvalue weighted by atomic mass is 15.2. The van der Waals surface area contributed by atoms with Gasteiger partial charge in [-0.25, -0.2) is 0 Å². The zero-order valence-corrected chi connectivity index (χ0v) is 11.3. The van der Waals surface area contributed by atoms with Crippen LogP contribution in [0.15, 0.2) is 18.2 Å². The first-order valence-corrected chi connectivity index (χ1v) is 6.52. The van der Waals surface area contributed by atoms with Crippen molar-refractivity contribution < 1.29 is 0 Å². The molecule has 0 aliphatic carbocycles. The highest BCUT2D eigenvalue weighted by molar-refractivity contribution is 5.65. The van der Waals surface area contributed by atoms with Gasteiger partial charge in [-0.1, -0.05) is 24.6 Å². The lowest BCUT2D eigenvalue weighted by Gasteiger charge is -2.48. The van der Waals surface area contributed by atoms with Crippen molar-refractivity contribution in [3.8, 4) is 0 Å². The summed E-state index contributed by atoms with van der Waals surface area (Å²) in [6.45, 7) is 9.32. The van der Waals surface area contributed by atoms with Gasteiger partial charge in [0.2, 0.25) is 0 Å². The monoisotopic (exact) mass is 230 g/mol. The Morgan fingerprint density at radius 3 is 2.82 bits per heavy atom. The van der Waals surface area contributed by atoms with Crippen LogP contribution in [0.5, 0.6) is 0 Å². The van der Waals surface area contributed by atoms with E-state index < -0.39 is 0 Å². The minimum Gasteiger partial charge on any atom is -0.379 e. The Bertz CT molecular complexity index is 468. The van der Waals surface area contributed by atoms with Gasteiger partial charge in [-0.2, -0.15) is 0 Å². The average Bonchev–Trinajstić information content (AvgIpc) is 2.48. The number of nitrogens with zero attached hydrogens (tertiary/aromatic N) is 1. The second-order valence-electron chi connectivity index (χ2n) is 6.33. The number of hydrogen-bond donors (Lipinski definition) is 1. The molecule has 0 unspecified atom stereocenters. The van der Waals surface area contributed by atoms with E-state index in [0.29, 0.717) is 0 Å². The Morgan fingerprint density at radius 2 is 2.06 bits per heavy atom. The molecule has 0 spiro atoms. The number of anilines is 1. The van der Waals surface area contributed by atoms with E-state index in [0.717, 1.165) is 6.54 Å². The van der Waals surface area contributed by atoms with Crippen molar-refractivity contribution in [2.75, 3.05) is 25.5 Å². The van der Waals surface area contributed by atoms with Crippen molar-refractivity contribution in [2.45, 2.75) is 38.1 Å². The van der Waals surface area contributed by atoms with Crippen LogP contribution in [0.2, 0.25) is 0 Å². The number of nitrogens with one attached hydrogen (secondary N) is 1. The van der Waals surface area contributed by atoms with E-state index in [4.69, 9.17) is 0 Å². The molecule has 0 bridgehead atoms. The van der Waals surface area contributed by atoms with Crippen molar-refractivity contribution in [3.05, 3.63) is 29.3 Å². The normalized spacial score (nSPS) is 36.2. The van der Waals surface area contributed by atoms with Crippen molar-refractivity contribution in [1.82, 2.24) is 4.90 Å². The van der Waals surface area contributed by atoms with Crippen molar-refractivity contribution in [1.29, 1.82) is 0 Å². The first kappa shape index (κ1) is 11.1. The summed E-state index contributed by atoms with van der Waals surface area (Å²) < 4.78 is 0. The van der Waals surface area contributed by atoms with Crippen LogP contribution >= 0.6 is 0 Å². The molecule has 0 saturated carbocycles. The van der Waals surface area contributed by atoms with Crippen molar-refractivity contribution >= 4 is 5.69 Å². The van der Waals surface area contributed by atoms with E-state index >= 15 is 0 Å². The number of fused-ring (bicyclic) bond motifs is 3. The van der Waals surface area contributed by atoms with Gasteiger partial charge in [0, 0.05) is 29.7 Å². The van der Waals surface area contributed by atoms with Gasteiger partial charge < -0.3 is 10.2 Å². The smallest absolute Gasteiger partial charge is 0.0464 e. The van der Waals surface area contributed by atoms with E-state index in [9.17, 15) is 0 Å². The van der Waals surface area contributed by atoms with Gasteiger partial charge in [-0.3, -0.25) is 0 Å². The van der Waals surface area contributed by atoms with Crippen LogP contribution in [0.1, 0.15) is 31.4 Å². The molecule has 3 rings (SSSR count).